The molecule has 0 bridgehead atoms. The summed E-state index contributed by atoms with van der Waals surface area (Å²) in [4.78, 5) is 0. The summed E-state index contributed by atoms with van der Waals surface area (Å²) in [6.07, 6.45) is 7.28. The fourth-order valence-corrected chi connectivity index (χ4v) is 3.60. The van der Waals surface area contributed by atoms with Crippen molar-refractivity contribution in [2.75, 3.05) is 0 Å². The van der Waals surface area contributed by atoms with Gasteiger partial charge in [-0.2, -0.15) is 10.2 Å². The maximum absolute atomic E-state index is 4.66. The molecule has 1 fully saturated rings. The largest absolute Gasteiger partial charge is 0.269 e. The molecule has 6 heteroatoms. The highest BCUT2D eigenvalue weighted by Gasteiger charge is 2.17. The maximum atomic E-state index is 4.66. The molecule has 0 aromatic carbocycles. The third-order valence-corrected chi connectivity index (χ3v) is 4.40. The van der Waals surface area contributed by atoms with Crippen LogP contribution in [0.15, 0.2) is 27.5 Å². The third kappa shape index (κ3) is 2.54. The lowest BCUT2D eigenvalue weighted by Gasteiger charge is -2.08. The van der Waals surface area contributed by atoms with Crippen molar-refractivity contribution in [1.29, 1.82) is 0 Å². The van der Waals surface area contributed by atoms with Crippen molar-refractivity contribution in [1.82, 2.24) is 19.6 Å². The standard InChI is InChI=1S/C12H14Br2N4/c13-11-7-12(14)18(16-11)8-9-5-6-17(15-9)10-3-1-2-4-10/h5-7,10H,1-4,8H2. The van der Waals surface area contributed by atoms with E-state index in [0.29, 0.717) is 12.6 Å². The second kappa shape index (κ2) is 5.17. The Hall–Kier alpha value is -0.620. The van der Waals surface area contributed by atoms with Gasteiger partial charge in [-0.05, 0) is 50.8 Å². The molecule has 1 aliphatic carbocycles. The van der Waals surface area contributed by atoms with Crippen LogP contribution in [0.5, 0.6) is 0 Å². The first kappa shape index (κ1) is 12.4. The Morgan fingerprint density at radius 2 is 2.00 bits per heavy atom. The molecule has 0 spiro atoms. The number of rotatable bonds is 3. The fraction of sp³-hybridized carbons (Fsp3) is 0.500. The molecule has 0 unspecified atom stereocenters. The molecule has 18 heavy (non-hydrogen) atoms. The zero-order chi connectivity index (χ0) is 12.5. The molecule has 0 atom stereocenters. The van der Waals surface area contributed by atoms with Crippen molar-refractivity contribution in [3.05, 3.63) is 33.2 Å². The van der Waals surface area contributed by atoms with E-state index in [1.165, 1.54) is 25.7 Å². The SMILES string of the molecule is Brc1cc(Br)n(Cc2ccn(C3CCCC3)n2)n1. The molecule has 4 nitrogen and oxygen atoms in total. The van der Waals surface area contributed by atoms with Gasteiger partial charge >= 0.3 is 0 Å². The van der Waals surface area contributed by atoms with Crippen molar-refractivity contribution in [3.63, 3.8) is 0 Å². The second-order valence-electron chi connectivity index (χ2n) is 4.67. The van der Waals surface area contributed by atoms with Gasteiger partial charge in [-0.15, -0.1) is 0 Å². The summed E-state index contributed by atoms with van der Waals surface area (Å²) in [6.45, 7) is 0.700. The smallest absolute Gasteiger partial charge is 0.129 e. The van der Waals surface area contributed by atoms with Crippen LogP contribution >= 0.6 is 31.9 Å². The van der Waals surface area contributed by atoms with Crippen molar-refractivity contribution in [3.8, 4) is 0 Å². The van der Waals surface area contributed by atoms with Gasteiger partial charge in [0.1, 0.15) is 9.21 Å². The number of hydrogen-bond donors (Lipinski definition) is 0. The molecule has 1 aliphatic rings. The first-order valence-electron chi connectivity index (χ1n) is 6.15. The summed E-state index contributed by atoms with van der Waals surface area (Å²) in [6, 6.07) is 4.63. The van der Waals surface area contributed by atoms with Crippen LogP contribution < -0.4 is 0 Å². The lowest BCUT2D eigenvalue weighted by atomic mass is 10.3. The zero-order valence-corrected chi connectivity index (χ0v) is 13.1. The highest BCUT2D eigenvalue weighted by Crippen LogP contribution is 2.28. The third-order valence-electron chi connectivity index (χ3n) is 3.38. The Balaban J connectivity index is 1.75. The predicted molar refractivity (Wildman–Crippen MR) is 76.5 cm³/mol. The minimum atomic E-state index is 0.603. The Morgan fingerprint density at radius 1 is 1.22 bits per heavy atom. The van der Waals surface area contributed by atoms with E-state index >= 15 is 0 Å². The van der Waals surface area contributed by atoms with Gasteiger partial charge in [-0.3, -0.25) is 9.36 Å². The van der Waals surface area contributed by atoms with Crippen LogP contribution in [-0.4, -0.2) is 19.6 Å². The summed E-state index contributed by atoms with van der Waals surface area (Å²) in [5.41, 5.74) is 1.05. The lowest BCUT2D eigenvalue weighted by molar-refractivity contribution is 0.460. The van der Waals surface area contributed by atoms with E-state index < -0.39 is 0 Å². The van der Waals surface area contributed by atoms with Crippen LogP contribution in [-0.2, 0) is 6.54 Å². The van der Waals surface area contributed by atoms with E-state index in [-0.39, 0.29) is 0 Å². The summed E-state index contributed by atoms with van der Waals surface area (Å²) >= 11 is 6.85. The summed E-state index contributed by atoms with van der Waals surface area (Å²) in [5, 5.41) is 9.01. The molecule has 0 radical (unpaired) electrons. The van der Waals surface area contributed by atoms with Crippen LogP contribution in [0.2, 0.25) is 0 Å². The zero-order valence-electron chi connectivity index (χ0n) is 9.89. The predicted octanol–water partition coefficient (Wildman–Crippen LogP) is 3.77. The van der Waals surface area contributed by atoms with E-state index in [0.717, 1.165) is 14.9 Å². The fourth-order valence-electron chi connectivity index (χ4n) is 2.46. The van der Waals surface area contributed by atoms with Crippen LogP contribution in [0.3, 0.4) is 0 Å². The van der Waals surface area contributed by atoms with Gasteiger partial charge in [0, 0.05) is 12.3 Å². The van der Waals surface area contributed by atoms with Crippen LogP contribution in [0.1, 0.15) is 37.4 Å². The minimum absolute atomic E-state index is 0.603. The van der Waals surface area contributed by atoms with E-state index in [4.69, 9.17) is 0 Å². The van der Waals surface area contributed by atoms with Crippen molar-refractivity contribution in [2.24, 2.45) is 0 Å². The van der Waals surface area contributed by atoms with Gasteiger partial charge < -0.3 is 0 Å². The topological polar surface area (TPSA) is 35.6 Å². The Labute approximate surface area is 123 Å². The molecule has 0 amide bonds. The monoisotopic (exact) mass is 372 g/mol. The van der Waals surface area contributed by atoms with Gasteiger partial charge in [0.25, 0.3) is 0 Å². The number of aromatic nitrogens is 4. The molecular weight excluding hydrogens is 360 g/mol. The molecule has 0 saturated heterocycles. The average molecular weight is 374 g/mol. The molecule has 0 N–H and O–H groups in total. The highest BCUT2D eigenvalue weighted by atomic mass is 79.9. The van der Waals surface area contributed by atoms with Gasteiger partial charge in [0.15, 0.2) is 0 Å². The van der Waals surface area contributed by atoms with Gasteiger partial charge in [-0.25, -0.2) is 0 Å². The Bertz CT molecular complexity index is 540. The van der Waals surface area contributed by atoms with Gasteiger partial charge in [-0.1, -0.05) is 12.8 Å². The molecule has 3 rings (SSSR count). The Morgan fingerprint density at radius 3 is 2.67 bits per heavy atom. The molecule has 2 aromatic rings. The normalized spacial score (nSPS) is 16.6. The van der Waals surface area contributed by atoms with Crippen LogP contribution in [0, 0.1) is 0 Å². The van der Waals surface area contributed by atoms with Crippen molar-refractivity contribution in [2.45, 2.75) is 38.3 Å². The van der Waals surface area contributed by atoms with E-state index in [1.54, 1.807) is 0 Å². The summed E-state index contributed by atoms with van der Waals surface area (Å²) in [5.74, 6) is 0. The first-order valence-corrected chi connectivity index (χ1v) is 7.74. The number of halogens is 2. The molecule has 2 heterocycles. The lowest BCUT2D eigenvalue weighted by Crippen LogP contribution is -2.07. The van der Waals surface area contributed by atoms with E-state index in [1.807, 2.05) is 10.7 Å². The quantitative estimate of drug-likeness (QED) is 0.820. The average Bonchev–Trinajstić information content (AvgIpc) is 3.02. The molecule has 2 aromatic heterocycles. The summed E-state index contributed by atoms with van der Waals surface area (Å²) in [7, 11) is 0. The van der Waals surface area contributed by atoms with Gasteiger partial charge in [0.2, 0.25) is 0 Å². The van der Waals surface area contributed by atoms with Crippen molar-refractivity contribution < 1.29 is 0 Å². The maximum Gasteiger partial charge on any atom is 0.129 e. The van der Waals surface area contributed by atoms with E-state index in [2.05, 4.69) is 59.0 Å². The number of hydrogen-bond acceptors (Lipinski definition) is 2. The van der Waals surface area contributed by atoms with Crippen molar-refractivity contribution >= 4 is 31.9 Å². The number of nitrogens with zero attached hydrogens (tertiary/aromatic N) is 4. The van der Waals surface area contributed by atoms with Crippen LogP contribution in [0.4, 0.5) is 0 Å². The summed E-state index contributed by atoms with van der Waals surface area (Å²) < 4.78 is 5.81. The molecule has 0 aliphatic heterocycles. The minimum Gasteiger partial charge on any atom is -0.269 e. The van der Waals surface area contributed by atoms with Gasteiger partial charge in [0.05, 0.1) is 18.3 Å². The molecule has 96 valence electrons. The second-order valence-corrected chi connectivity index (χ2v) is 6.30. The van der Waals surface area contributed by atoms with Crippen LogP contribution in [0.25, 0.3) is 0 Å². The molecular formula is C12H14Br2N4. The molecule has 1 saturated carbocycles. The first-order chi connectivity index (χ1) is 8.72. The highest BCUT2D eigenvalue weighted by molar-refractivity contribution is 9.11. The van der Waals surface area contributed by atoms with E-state index in [9.17, 15) is 0 Å². The Kier molecular flexibility index (Phi) is 3.56.